The maximum Gasteiger partial charge on any atom is 0.258 e. The first-order valence-corrected chi connectivity index (χ1v) is 12.0. The Morgan fingerprint density at radius 2 is 1.85 bits per heavy atom. The molecule has 170 valence electrons. The Kier molecular flexibility index (Phi) is 6.33. The fourth-order valence-corrected chi connectivity index (χ4v) is 4.77. The molecule has 0 saturated heterocycles. The molecule has 0 saturated carbocycles. The lowest BCUT2D eigenvalue weighted by Gasteiger charge is -2.17. The predicted molar refractivity (Wildman–Crippen MR) is 134 cm³/mol. The number of anilines is 2. The van der Waals surface area contributed by atoms with Crippen molar-refractivity contribution in [1.29, 1.82) is 0 Å². The molecule has 0 fully saturated rings. The lowest BCUT2D eigenvalue weighted by Crippen LogP contribution is -2.28. The fraction of sp³-hybridized carbons (Fsp3) is 0.120. The Morgan fingerprint density at radius 3 is 2.68 bits per heavy atom. The molecule has 1 aliphatic heterocycles. The summed E-state index contributed by atoms with van der Waals surface area (Å²) < 4.78 is 1.78. The zero-order valence-corrected chi connectivity index (χ0v) is 19.6. The van der Waals surface area contributed by atoms with Crippen molar-refractivity contribution in [2.45, 2.75) is 11.6 Å². The van der Waals surface area contributed by atoms with Crippen LogP contribution in [0.1, 0.15) is 15.9 Å². The van der Waals surface area contributed by atoms with Gasteiger partial charge < -0.3 is 10.2 Å². The first kappa shape index (κ1) is 22.2. The molecule has 0 radical (unpaired) electrons. The highest BCUT2D eigenvalue weighted by Gasteiger charge is 2.25. The van der Waals surface area contributed by atoms with E-state index in [1.165, 1.54) is 17.3 Å². The van der Waals surface area contributed by atoms with Crippen LogP contribution in [0.2, 0.25) is 5.02 Å². The highest BCUT2D eigenvalue weighted by Crippen LogP contribution is 2.29. The summed E-state index contributed by atoms with van der Waals surface area (Å²) in [5.74, 6) is -0.0678. The normalized spacial score (nSPS) is 12.4. The molecule has 0 spiro atoms. The molecule has 2 heterocycles. The second-order valence-corrected chi connectivity index (χ2v) is 9.09. The Bertz CT molecular complexity index is 1360. The van der Waals surface area contributed by atoms with E-state index in [-0.39, 0.29) is 17.6 Å². The van der Waals surface area contributed by atoms with Gasteiger partial charge in [0, 0.05) is 28.5 Å². The topological polar surface area (TPSA) is 80.1 Å². The first-order valence-electron chi connectivity index (χ1n) is 10.7. The zero-order valence-electron chi connectivity index (χ0n) is 18.0. The largest absolute Gasteiger partial charge is 0.325 e. The number of aromatic nitrogens is 3. The minimum Gasteiger partial charge on any atom is -0.325 e. The second kappa shape index (κ2) is 9.70. The number of halogens is 1. The maximum absolute atomic E-state index is 13.0. The van der Waals surface area contributed by atoms with Crippen molar-refractivity contribution >= 4 is 46.6 Å². The van der Waals surface area contributed by atoms with E-state index < -0.39 is 0 Å². The zero-order chi connectivity index (χ0) is 23.5. The van der Waals surface area contributed by atoms with Crippen molar-refractivity contribution < 1.29 is 9.59 Å². The molecule has 1 aliphatic rings. The van der Waals surface area contributed by atoms with E-state index in [1.54, 1.807) is 52.2 Å². The van der Waals surface area contributed by atoms with Crippen molar-refractivity contribution in [2.24, 2.45) is 0 Å². The molecule has 0 unspecified atom stereocenters. The van der Waals surface area contributed by atoms with E-state index in [0.717, 1.165) is 17.8 Å². The number of nitrogens with one attached hydrogen (secondary N) is 1. The van der Waals surface area contributed by atoms with Crippen molar-refractivity contribution in [1.82, 2.24) is 14.8 Å². The number of rotatable bonds is 6. The maximum atomic E-state index is 13.0. The number of nitrogens with zero attached hydrogens (tertiary/aromatic N) is 4. The van der Waals surface area contributed by atoms with Crippen molar-refractivity contribution in [2.75, 3.05) is 22.5 Å². The molecule has 0 aliphatic carbocycles. The number of para-hydroxylation sites is 1. The summed E-state index contributed by atoms with van der Waals surface area (Å²) in [6, 6.07) is 22.2. The summed E-state index contributed by atoms with van der Waals surface area (Å²) in [6.45, 7) is 0.674. The van der Waals surface area contributed by atoms with Crippen molar-refractivity contribution in [3.05, 3.63) is 95.3 Å². The van der Waals surface area contributed by atoms with Crippen molar-refractivity contribution in [3.8, 4) is 5.69 Å². The molecule has 0 atom stereocenters. The molecule has 3 aromatic carbocycles. The van der Waals surface area contributed by atoms with Gasteiger partial charge in [-0.1, -0.05) is 47.6 Å². The summed E-state index contributed by atoms with van der Waals surface area (Å²) in [5, 5.41) is 12.1. The second-order valence-electron chi connectivity index (χ2n) is 7.71. The lowest BCUT2D eigenvalue weighted by molar-refractivity contribution is -0.113. The van der Waals surface area contributed by atoms with Gasteiger partial charge in [-0.2, -0.15) is 0 Å². The predicted octanol–water partition coefficient (Wildman–Crippen LogP) is 4.85. The fourth-order valence-electron chi connectivity index (χ4n) is 3.85. The van der Waals surface area contributed by atoms with Gasteiger partial charge >= 0.3 is 0 Å². The molecule has 34 heavy (non-hydrogen) atoms. The van der Waals surface area contributed by atoms with Gasteiger partial charge in [0.2, 0.25) is 5.91 Å². The number of benzene rings is 3. The first-order chi connectivity index (χ1) is 16.6. The average molecular weight is 490 g/mol. The minimum absolute atomic E-state index is 0.0428. The van der Waals surface area contributed by atoms with Crippen LogP contribution in [0.4, 0.5) is 11.4 Å². The van der Waals surface area contributed by atoms with Crippen LogP contribution in [0, 0.1) is 0 Å². The van der Waals surface area contributed by atoms with Gasteiger partial charge in [-0.05, 0) is 60.5 Å². The van der Waals surface area contributed by atoms with E-state index in [1.807, 2.05) is 30.3 Å². The molecule has 0 bridgehead atoms. The standard InChI is InChI=1S/C25H20ClN5O2S/c26-19-5-3-6-21(14-19)31-16-27-29-25(31)34-15-23(32)28-20-10-8-18(9-11-20)24(33)30-13-12-17-4-1-2-7-22(17)30/h1-11,14,16H,12-13,15H2,(H,28,32). The monoisotopic (exact) mass is 489 g/mol. The van der Waals surface area contributed by atoms with Crippen LogP contribution in [0.5, 0.6) is 0 Å². The number of hydrogen-bond donors (Lipinski definition) is 1. The third-order valence-corrected chi connectivity index (χ3v) is 6.66. The number of amides is 2. The molecule has 9 heteroatoms. The Morgan fingerprint density at radius 1 is 1.03 bits per heavy atom. The number of carbonyl (C=O) groups excluding carboxylic acids is 2. The molecular formula is C25H20ClN5O2S. The summed E-state index contributed by atoms with van der Waals surface area (Å²) in [7, 11) is 0. The Hall–Kier alpha value is -3.62. The van der Waals surface area contributed by atoms with Crippen LogP contribution in [0.3, 0.4) is 0 Å². The van der Waals surface area contributed by atoms with Gasteiger partial charge in [0.25, 0.3) is 5.91 Å². The molecule has 5 rings (SSSR count). The van der Waals surface area contributed by atoms with Crippen LogP contribution in [-0.4, -0.2) is 38.9 Å². The summed E-state index contributed by atoms with van der Waals surface area (Å²) in [6.07, 6.45) is 2.44. The number of thioether (sulfide) groups is 1. The van der Waals surface area contributed by atoms with E-state index in [4.69, 9.17) is 11.6 Å². The smallest absolute Gasteiger partial charge is 0.258 e. The van der Waals surface area contributed by atoms with Crippen molar-refractivity contribution in [3.63, 3.8) is 0 Å². The summed E-state index contributed by atoms with van der Waals surface area (Å²) >= 11 is 7.35. The molecule has 2 amide bonds. The quantitative estimate of drug-likeness (QED) is 0.391. The summed E-state index contributed by atoms with van der Waals surface area (Å²) in [4.78, 5) is 27.2. The van der Waals surface area contributed by atoms with Crippen LogP contribution in [0.25, 0.3) is 5.69 Å². The van der Waals surface area contributed by atoms with E-state index in [2.05, 4.69) is 21.6 Å². The SMILES string of the molecule is O=C(CSc1nncn1-c1cccc(Cl)c1)Nc1ccc(C(=O)N2CCc3ccccc32)cc1. The molecular weight excluding hydrogens is 470 g/mol. The van der Waals surface area contributed by atoms with Gasteiger partial charge in [0.1, 0.15) is 6.33 Å². The highest BCUT2D eigenvalue weighted by molar-refractivity contribution is 7.99. The Balaban J connectivity index is 1.19. The van der Waals surface area contributed by atoms with Gasteiger partial charge in [0.05, 0.1) is 11.4 Å². The third kappa shape index (κ3) is 4.69. The average Bonchev–Trinajstić information content (AvgIpc) is 3.50. The summed E-state index contributed by atoms with van der Waals surface area (Å²) in [5.41, 5.74) is 4.18. The van der Waals surface area contributed by atoms with Crippen LogP contribution < -0.4 is 10.2 Å². The third-order valence-electron chi connectivity index (χ3n) is 5.48. The minimum atomic E-state index is -0.182. The van der Waals surface area contributed by atoms with Gasteiger partial charge in [-0.15, -0.1) is 10.2 Å². The van der Waals surface area contributed by atoms with Gasteiger partial charge in [-0.25, -0.2) is 0 Å². The molecule has 7 nitrogen and oxygen atoms in total. The van der Waals surface area contributed by atoms with Crippen LogP contribution in [0.15, 0.2) is 84.3 Å². The van der Waals surface area contributed by atoms with E-state index in [9.17, 15) is 9.59 Å². The number of fused-ring (bicyclic) bond motifs is 1. The van der Waals surface area contributed by atoms with Crippen LogP contribution in [-0.2, 0) is 11.2 Å². The van der Waals surface area contributed by atoms with Gasteiger partial charge in [-0.3, -0.25) is 14.2 Å². The van der Waals surface area contributed by atoms with Gasteiger partial charge in [0.15, 0.2) is 5.16 Å². The van der Waals surface area contributed by atoms with E-state index in [0.29, 0.717) is 28.0 Å². The van der Waals surface area contributed by atoms with E-state index >= 15 is 0 Å². The van der Waals surface area contributed by atoms with Crippen LogP contribution >= 0.6 is 23.4 Å². The molecule has 1 aromatic heterocycles. The molecule has 1 N–H and O–H groups in total. The highest BCUT2D eigenvalue weighted by atomic mass is 35.5. The lowest BCUT2D eigenvalue weighted by atomic mass is 10.1. The number of carbonyl (C=O) groups is 2. The molecule has 4 aromatic rings. The Labute approximate surface area is 205 Å². The number of hydrogen-bond acceptors (Lipinski definition) is 5.